The van der Waals surface area contributed by atoms with Crippen LogP contribution in [-0.4, -0.2) is 37.5 Å². The Bertz CT molecular complexity index is 1100. The molecule has 0 fully saturated rings. The van der Waals surface area contributed by atoms with Crippen LogP contribution in [0.3, 0.4) is 0 Å². The van der Waals surface area contributed by atoms with E-state index in [1.54, 1.807) is 26.2 Å². The number of nitrogens with one attached hydrogen (secondary N) is 1. The first-order valence-corrected chi connectivity index (χ1v) is 10.9. The molecule has 0 aliphatic heterocycles. The Morgan fingerprint density at radius 1 is 1.34 bits per heavy atom. The number of ether oxygens (including phenoxy) is 3. The molecule has 0 unspecified atom stereocenters. The maximum Gasteiger partial charge on any atom is 0.269 e. The first kappa shape index (κ1) is 25.4. The van der Waals surface area contributed by atoms with Gasteiger partial charge in [0.1, 0.15) is 18.2 Å². The Morgan fingerprint density at radius 2 is 2.09 bits per heavy atom. The van der Waals surface area contributed by atoms with Gasteiger partial charge in [-0.15, -0.1) is 0 Å². The molecule has 0 saturated heterocycles. The van der Waals surface area contributed by atoms with Crippen LogP contribution in [0.2, 0.25) is 0 Å². The van der Waals surface area contributed by atoms with Crippen LogP contribution in [0.5, 0.6) is 11.5 Å². The smallest absolute Gasteiger partial charge is 0.269 e. The monoisotopic (exact) mass is 552 g/mol. The molecule has 1 amide bonds. The summed E-state index contributed by atoms with van der Waals surface area (Å²) >= 11 is 2.15. The van der Waals surface area contributed by atoms with Gasteiger partial charge in [-0.05, 0) is 59.7 Å². The quantitative estimate of drug-likeness (QED) is 0.276. The molecule has 10 heteroatoms. The lowest BCUT2D eigenvalue weighted by atomic mass is 10.1. The van der Waals surface area contributed by atoms with E-state index in [2.05, 4.69) is 33.1 Å². The predicted molar refractivity (Wildman–Crippen MR) is 128 cm³/mol. The Kier molecular flexibility index (Phi) is 9.67. The largest absolute Gasteiger partial charge is 0.493 e. The zero-order valence-electron chi connectivity index (χ0n) is 18.4. The number of halogens is 1. The molecule has 0 atom stereocenters. The highest BCUT2D eigenvalue weighted by atomic mass is 127. The normalized spacial score (nSPS) is 10.8. The fourth-order valence-electron chi connectivity index (χ4n) is 2.94. The van der Waals surface area contributed by atoms with Crippen LogP contribution in [0.4, 0.5) is 0 Å². The lowest BCUT2D eigenvalue weighted by Gasteiger charge is -2.13. The van der Waals surface area contributed by atoms with Crippen molar-refractivity contribution in [2.75, 3.05) is 20.8 Å². The lowest BCUT2D eigenvalue weighted by molar-refractivity contribution is -0.121. The molecule has 2 rings (SSSR count). The van der Waals surface area contributed by atoms with Gasteiger partial charge < -0.3 is 18.8 Å². The standard InChI is InChI=1S/C22H25IN4O5/c1-5-6-32-21-18(23)8-15(9-19(21)31-4)11-25-26-20(28)12-27-14(2)7-16(13-30-3)17(10-24)22(27)29/h7-9,11H,5-6,12-13H2,1-4H3,(H,26,28)/b25-11-. The molecule has 0 aliphatic carbocycles. The maximum absolute atomic E-state index is 12.6. The molecule has 1 aromatic carbocycles. The summed E-state index contributed by atoms with van der Waals surface area (Å²) in [7, 11) is 3.04. The van der Waals surface area contributed by atoms with Crippen LogP contribution >= 0.6 is 22.6 Å². The lowest BCUT2D eigenvalue weighted by Crippen LogP contribution is -2.33. The van der Waals surface area contributed by atoms with Crippen molar-refractivity contribution in [3.63, 3.8) is 0 Å². The number of aromatic nitrogens is 1. The number of nitriles is 1. The summed E-state index contributed by atoms with van der Waals surface area (Å²) in [5.74, 6) is 0.732. The molecule has 1 heterocycles. The summed E-state index contributed by atoms with van der Waals surface area (Å²) in [6, 6.07) is 7.16. The van der Waals surface area contributed by atoms with Crippen molar-refractivity contribution in [1.29, 1.82) is 5.26 Å². The zero-order chi connectivity index (χ0) is 23.7. The van der Waals surface area contributed by atoms with E-state index < -0.39 is 11.5 Å². The van der Waals surface area contributed by atoms with E-state index in [1.165, 1.54) is 17.9 Å². The number of hydrogen-bond donors (Lipinski definition) is 1. The minimum atomic E-state index is -0.541. The number of rotatable bonds is 10. The van der Waals surface area contributed by atoms with Gasteiger partial charge in [0.25, 0.3) is 11.5 Å². The molecule has 32 heavy (non-hydrogen) atoms. The molecule has 2 aromatic rings. The molecule has 9 nitrogen and oxygen atoms in total. The number of methoxy groups -OCH3 is 2. The van der Waals surface area contributed by atoms with Crippen LogP contribution in [0.1, 0.15) is 35.7 Å². The average molecular weight is 552 g/mol. The molecular formula is C22H25IN4O5. The topological polar surface area (TPSA) is 115 Å². The Balaban J connectivity index is 2.15. The van der Waals surface area contributed by atoms with Crippen molar-refractivity contribution in [2.45, 2.75) is 33.4 Å². The molecule has 170 valence electrons. The van der Waals surface area contributed by atoms with Crippen LogP contribution in [0.25, 0.3) is 0 Å². The molecule has 0 spiro atoms. The summed E-state index contributed by atoms with van der Waals surface area (Å²) in [6.07, 6.45) is 2.35. The third kappa shape index (κ3) is 6.30. The molecule has 1 aromatic heterocycles. The number of aryl methyl sites for hydroxylation is 1. The van der Waals surface area contributed by atoms with Crippen molar-refractivity contribution < 1.29 is 19.0 Å². The molecule has 1 N–H and O–H groups in total. The van der Waals surface area contributed by atoms with Crippen molar-refractivity contribution in [2.24, 2.45) is 5.10 Å². The summed E-state index contributed by atoms with van der Waals surface area (Å²) in [5.41, 5.74) is 3.56. The molecule has 0 radical (unpaired) electrons. The van der Waals surface area contributed by atoms with Crippen molar-refractivity contribution >= 4 is 34.7 Å². The fourth-order valence-corrected chi connectivity index (χ4v) is 3.72. The second kappa shape index (κ2) is 12.2. The van der Waals surface area contributed by atoms with Crippen molar-refractivity contribution in [1.82, 2.24) is 9.99 Å². The SMILES string of the molecule is CCCOc1c(I)cc(/C=N\NC(=O)Cn2c(C)cc(COC)c(C#N)c2=O)cc1OC. The van der Waals surface area contributed by atoms with E-state index >= 15 is 0 Å². The Morgan fingerprint density at radius 3 is 2.72 bits per heavy atom. The predicted octanol–water partition coefficient (Wildman–Crippen LogP) is 2.73. The number of benzene rings is 1. The number of carbonyl (C=O) groups excluding carboxylic acids is 1. The Labute approximate surface area is 200 Å². The van der Waals surface area contributed by atoms with Crippen molar-refractivity contribution in [3.05, 3.63) is 54.5 Å². The second-order valence-electron chi connectivity index (χ2n) is 6.80. The Hall–Kier alpha value is -2.91. The van der Waals surface area contributed by atoms with Gasteiger partial charge in [-0.25, -0.2) is 5.43 Å². The average Bonchev–Trinajstić information content (AvgIpc) is 2.76. The summed E-state index contributed by atoms with van der Waals surface area (Å²) in [6.45, 7) is 4.16. The van der Waals surface area contributed by atoms with E-state index in [1.807, 2.05) is 19.1 Å². The summed E-state index contributed by atoms with van der Waals surface area (Å²) < 4.78 is 18.2. The molecule has 0 aliphatic rings. The van der Waals surface area contributed by atoms with Gasteiger partial charge in [-0.1, -0.05) is 6.92 Å². The van der Waals surface area contributed by atoms with E-state index in [4.69, 9.17) is 14.2 Å². The number of pyridine rings is 1. The van der Waals surface area contributed by atoms with Gasteiger partial charge in [0.05, 0.1) is 30.1 Å². The van der Waals surface area contributed by atoms with Gasteiger partial charge in [0.15, 0.2) is 11.5 Å². The van der Waals surface area contributed by atoms with Crippen LogP contribution in [0, 0.1) is 21.8 Å². The third-order valence-electron chi connectivity index (χ3n) is 4.41. The summed E-state index contributed by atoms with van der Waals surface area (Å²) in [5, 5.41) is 13.3. The van der Waals surface area contributed by atoms with Gasteiger partial charge in [0.2, 0.25) is 0 Å². The van der Waals surface area contributed by atoms with Gasteiger partial charge >= 0.3 is 0 Å². The minimum absolute atomic E-state index is 0.0409. The fraction of sp³-hybridized carbons (Fsp3) is 0.364. The van der Waals surface area contributed by atoms with E-state index in [0.717, 1.165) is 9.99 Å². The first-order chi connectivity index (χ1) is 15.4. The number of amides is 1. The maximum atomic E-state index is 12.6. The third-order valence-corrected chi connectivity index (χ3v) is 5.21. The van der Waals surface area contributed by atoms with Gasteiger partial charge in [-0.2, -0.15) is 10.4 Å². The first-order valence-electron chi connectivity index (χ1n) is 9.80. The molecular weight excluding hydrogens is 527 g/mol. The zero-order valence-corrected chi connectivity index (χ0v) is 20.6. The van der Waals surface area contributed by atoms with E-state index in [9.17, 15) is 14.9 Å². The second-order valence-corrected chi connectivity index (χ2v) is 7.96. The van der Waals surface area contributed by atoms with E-state index in [0.29, 0.717) is 34.9 Å². The molecule has 0 saturated carbocycles. The van der Waals surface area contributed by atoms with Crippen LogP contribution in [0.15, 0.2) is 28.1 Å². The van der Waals surface area contributed by atoms with Crippen LogP contribution < -0.4 is 20.5 Å². The number of nitrogens with zero attached hydrogens (tertiary/aromatic N) is 3. The highest BCUT2D eigenvalue weighted by Gasteiger charge is 2.15. The van der Waals surface area contributed by atoms with Gasteiger partial charge in [0, 0.05) is 18.4 Å². The number of hydrogen-bond acceptors (Lipinski definition) is 7. The van der Waals surface area contributed by atoms with E-state index in [-0.39, 0.29) is 18.7 Å². The molecule has 0 bridgehead atoms. The number of carbonyl (C=O) groups is 1. The van der Waals surface area contributed by atoms with Crippen molar-refractivity contribution in [3.8, 4) is 17.6 Å². The highest BCUT2D eigenvalue weighted by molar-refractivity contribution is 14.1. The minimum Gasteiger partial charge on any atom is -0.493 e. The van der Waals surface area contributed by atoms with Crippen LogP contribution in [-0.2, 0) is 22.7 Å². The van der Waals surface area contributed by atoms with Gasteiger partial charge in [-0.3, -0.25) is 9.59 Å². The summed E-state index contributed by atoms with van der Waals surface area (Å²) in [4.78, 5) is 24.9. The number of hydrazone groups is 1. The highest BCUT2D eigenvalue weighted by Crippen LogP contribution is 2.33.